The molecule has 1 N–H and O–H groups in total. The van der Waals surface area contributed by atoms with Gasteiger partial charge in [-0.25, -0.2) is 0 Å². The first-order chi connectivity index (χ1) is 8.53. The molecule has 0 aromatic carbocycles. The average molecular weight is 258 g/mol. The highest BCUT2D eigenvalue weighted by molar-refractivity contribution is 4.82. The molecule has 0 aromatic heterocycles. The fourth-order valence-electron chi connectivity index (χ4n) is 2.60. The van der Waals surface area contributed by atoms with Gasteiger partial charge in [0.25, 0.3) is 0 Å². The summed E-state index contributed by atoms with van der Waals surface area (Å²) >= 11 is 0. The lowest BCUT2D eigenvalue weighted by atomic mass is 9.81. The van der Waals surface area contributed by atoms with Crippen molar-refractivity contribution < 1.29 is 4.74 Å². The van der Waals surface area contributed by atoms with Crippen molar-refractivity contribution in [2.24, 2.45) is 11.3 Å². The topological polar surface area (TPSA) is 24.5 Å². The summed E-state index contributed by atoms with van der Waals surface area (Å²) in [4.78, 5) is 2.57. The summed E-state index contributed by atoms with van der Waals surface area (Å²) in [6.45, 7) is 14.5. The molecular weight excluding hydrogens is 224 g/mol. The van der Waals surface area contributed by atoms with Crippen LogP contribution in [-0.4, -0.2) is 51.8 Å². The molecule has 0 radical (unpaired) electrons. The van der Waals surface area contributed by atoms with E-state index in [1.54, 1.807) is 7.11 Å². The van der Waals surface area contributed by atoms with Crippen LogP contribution in [0.5, 0.6) is 0 Å². The van der Waals surface area contributed by atoms with Gasteiger partial charge < -0.3 is 15.0 Å². The molecule has 18 heavy (non-hydrogen) atoms. The van der Waals surface area contributed by atoms with Crippen LogP contribution in [0.3, 0.4) is 0 Å². The lowest BCUT2D eigenvalue weighted by Gasteiger charge is -2.38. The van der Waals surface area contributed by atoms with Crippen LogP contribution < -0.4 is 5.32 Å². The molecule has 3 nitrogen and oxygen atoms in total. The molecule has 110 valence electrons. The number of hydrogen-bond acceptors (Lipinski definition) is 3. The number of hydrogen-bond donors (Lipinski definition) is 1. The molecule has 0 spiro atoms. The van der Waals surface area contributed by atoms with E-state index in [4.69, 9.17) is 4.74 Å². The third-order valence-corrected chi connectivity index (χ3v) is 3.85. The predicted molar refractivity (Wildman–Crippen MR) is 80.1 cm³/mol. The van der Waals surface area contributed by atoms with Gasteiger partial charge in [-0.2, -0.15) is 0 Å². The summed E-state index contributed by atoms with van der Waals surface area (Å²) in [5.41, 5.74) is 0.400. The van der Waals surface area contributed by atoms with Crippen molar-refractivity contribution in [1.82, 2.24) is 10.2 Å². The van der Waals surface area contributed by atoms with Gasteiger partial charge in [-0.1, -0.05) is 27.7 Å². The van der Waals surface area contributed by atoms with E-state index in [1.165, 1.54) is 19.4 Å². The number of rotatable bonds is 11. The van der Waals surface area contributed by atoms with Crippen LogP contribution >= 0.6 is 0 Å². The number of ether oxygens (including phenoxy) is 1. The third-order valence-electron chi connectivity index (χ3n) is 3.85. The molecule has 0 unspecified atom stereocenters. The van der Waals surface area contributed by atoms with Crippen molar-refractivity contribution in [3.63, 3.8) is 0 Å². The standard InChI is InChI=1S/C15H34N2O/c1-7-15(8-2,12-16-5)13-17(9-10-18-6)11-14(3)4/h14,16H,7-13H2,1-6H3. The number of methoxy groups -OCH3 is 1. The molecule has 0 atom stereocenters. The van der Waals surface area contributed by atoms with E-state index in [0.29, 0.717) is 11.3 Å². The molecule has 0 aliphatic rings. The Morgan fingerprint density at radius 3 is 2.22 bits per heavy atom. The molecule has 0 aromatic rings. The van der Waals surface area contributed by atoms with Gasteiger partial charge in [0.1, 0.15) is 0 Å². The minimum Gasteiger partial charge on any atom is -0.383 e. The monoisotopic (exact) mass is 258 g/mol. The molecule has 0 heterocycles. The maximum Gasteiger partial charge on any atom is 0.0589 e. The highest BCUT2D eigenvalue weighted by atomic mass is 16.5. The van der Waals surface area contributed by atoms with Gasteiger partial charge in [-0.05, 0) is 31.2 Å². The molecule has 3 heteroatoms. The first-order valence-corrected chi connectivity index (χ1v) is 7.39. The SMILES string of the molecule is CCC(CC)(CNC)CN(CCOC)CC(C)C. The Morgan fingerprint density at radius 1 is 1.22 bits per heavy atom. The van der Waals surface area contributed by atoms with Gasteiger partial charge in [0.05, 0.1) is 6.61 Å². The Hall–Kier alpha value is -0.120. The summed E-state index contributed by atoms with van der Waals surface area (Å²) in [6.07, 6.45) is 2.46. The summed E-state index contributed by atoms with van der Waals surface area (Å²) in [5.74, 6) is 0.711. The summed E-state index contributed by atoms with van der Waals surface area (Å²) in [7, 11) is 3.84. The highest BCUT2D eigenvalue weighted by Gasteiger charge is 2.28. The first kappa shape index (κ1) is 17.9. The highest BCUT2D eigenvalue weighted by Crippen LogP contribution is 2.27. The maximum atomic E-state index is 5.24. The van der Waals surface area contributed by atoms with Crippen LogP contribution in [0.15, 0.2) is 0 Å². The van der Waals surface area contributed by atoms with Gasteiger partial charge >= 0.3 is 0 Å². The van der Waals surface area contributed by atoms with Crippen LogP contribution in [0.25, 0.3) is 0 Å². The molecule has 0 amide bonds. The van der Waals surface area contributed by atoms with E-state index in [9.17, 15) is 0 Å². The third kappa shape index (κ3) is 6.72. The van der Waals surface area contributed by atoms with Gasteiger partial charge in [-0.3, -0.25) is 0 Å². The Labute approximate surface area is 114 Å². The molecule has 0 fully saturated rings. The van der Waals surface area contributed by atoms with Crippen molar-refractivity contribution in [1.29, 1.82) is 0 Å². The van der Waals surface area contributed by atoms with Crippen LogP contribution in [-0.2, 0) is 4.74 Å². The fourth-order valence-corrected chi connectivity index (χ4v) is 2.60. The maximum absolute atomic E-state index is 5.24. The number of nitrogens with one attached hydrogen (secondary N) is 1. The van der Waals surface area contributed by atoms with Crippen LogP contribution in [0.1, 0.15) is 40.5 Å². The molecule has 0 saturated heterocycles. The van der Waals surface area contributed by atoms with Crippen LogP contribution in [0.4, 0.5) is 0 Å². The second-order valence-corrected chi connectivity index (χ2v) is 5.86. The molecule has 0 bridgehead atoms. The van der Waals surface area contributed by atoms with Crippen molar-refractivity contribution >= 4 is 0 Å². The first-order valence-electron chi connectivity index (χ1n) is 7.39. The predicted octanol–water partition coefficient (Wildman–Crippen LogP) is 2.62. The van der Waals surface area contributed by atoms with Gasteiger partial charge in [0, 0.05) is 33.3 Å². The summed E-state index contributed by atoms with van der Waals surface area (Å²) in [6, 6.07) is 0. The summed E-state index contributed by atoms with van der Waals surface area (Å²) in [5, 5.41) is 3.37. The van der Waals surface area contributed by atoms with Gasteiger partial charge in [-0.15, -0.1) is 0 Å². The Morgan fingerprint density at radius 2 is 1.83 bits per heavy atom. The van der Waals surface area contributed by atoms with Crippen LogP contribution in [0.2, 0.25) is 0 Å². The smallest absolute Gasteiger partial charge is 0.0589 e. The molecular formula is C15H34N2O. The zero-order chi connectivity index (χ0) is 14.0. The van der Waals surface area contributed by atoms with Crippen molar-refractivity contribution in [3.8, 4) is 0 Å². The zero-order valence-corrected chi connectivity index (χ0v) is 13.4. The second kappa shape index (κ2) is 9.76. The van der Waals surface area contributed by atoms with Crippen molar-refractivity contribution in [2.45, 2.75) is 40.5 Å². The van der Waals surface area contributed by atoms with E-state index < -0.39 is 0 Å². The lowest BCUT2D eigenvalue weighted by Crippen LogP contribution is -2.45. The Balaban J connectivity index is 4.56. The summed E-state index contributed by atoms with van der Waals surface area (Å²) < 4.78 is 5.24. The van der Waals surface area contributed by atoms with Crippen molar-refractivity contribution in [2.75, 3.05) is 46.9 Å². The largest absolute Gasteiger partial charge is 0.383 e. The molecule has 0 aliphatic carbocycles. The van der Waals surface area contributed by atoms with E-state index in [2.05, 4.69) is 45.0 Å². The van der Waals surface area contributed by atoms with E-state index in [-0.39, 0.29) is 0 Å². The second-order valence-electron chi connectivity index (χ2n) is 5.86. The van der Waals surface area contributed by atoms with E-state index >= 15 is 0 Å². The fraction of sp³-hybridized carbons (Fsp3) is 1.00. The average Bonchev–Trinajstić information content (AvgIpc) is 2.34. The van der Waals surface area contributed by atoms with E-state index in [0.717, 1.165) is 26.2 Å². The minimum absolute atomic E-state index is 0.400. The zero-order valence-electron chi connectivity index (χ0n) is 13.4. The number of nitrogens with zero attached hydrogens (tertiary/aromatic N) is 1. The van der Waals surface area contributed by atoms with Crippen LogP contribution in [0, 0.1) is 11.3 Å². The molecule has 0 saturated carbocycles. The quantitative estimate of drug-likeness (QED) is 0.616. The van der Waals surface area contributed by atoms with E-state index in [1.807, 2.05) is 0 Å². The molecule has 0 aliphatic heterocycles. The lowest BCUT2D eigenvalue weighted by molar-refractivity contribution is 0.0909. The Kier molecular flexibility index (Phi) is 9.70. The van der Waals surface area contributed by atoms with Crippen molar-refractivity contribution in [3.05, 3.63) is 0 Å². The normalized spacial score (nSPS) is 12.7. The minimum atomic E-state index is 0.400. The van der Waals surface area contributed by atoms with Gasteiger partial charge in [0.2, 0.25) is 0 Å². The Bertz CT molecular complexity index is 191. The molecule has 0 rings (SSSR count). The van der Waals surface area contributed by atoms with Gasteiger partial charge in [0.15, 0.2) is 0 Å².